The van der Waals surface area contributed by atoms with Gasteiger partial charge < -0.3 is 19.9 Å². The van der Waals surface area contributed by atoms with Crippen LogP contribution in [0.3, 0.4) is 0 Å². The molecule has 0 amide bonds. The van der Waals surface area contributed by atoms with Crippen LogP contribution in [0.2, 0.25) is 0 Å². The number of aromatic amines is 1. The number of fused-ring (bicyclic) bond motifs is 1. The fraction of sp³-hybridized carbons (Fsp3) is 0.440. The van der Waals surface area contributed by atoms with Crippen molar-refractivity contribution in [2.45, 2.75) is 50.1 Å². The third-order valence-electron chi connectivity index (χ3n) is 6.45. The van der Waals surface area contributed by atoms with Gasteiger partial charge in [-0.1, -0.05) is 18.2 Å². The molecular formula is C25H35Cl3N4O2. The molecule has 0 radical (unpaired) electrons. The maximum Gasteiger partial charge on any atom is 0.323 e. The Kier molecular flexibility index (Phi) is 12.2. The van der Waals surface area contributed by atoms with Crippen LogP contribution in [0.15, 0.2) is 48.8 Å². The van der Waals surface area contributed by atoms with Gasteiger partial charge in [-0.15, -0.1) is 37.2 Å². The van der Waals surface area contributed by atoms with Gasteiger partial charge in [0.1, 0.15) is 6.04 Å². The topological polar surface area (TPSA) is 70.2 Å². The number of H-pyrrole nitrogens is 1. The number of anilines is 1. The number of pyridine rings is 1. The summed E-state index contributed by atoms with van der Waals surface area (Å²) in [6.07, 6.45) is 8.72. The van der Waals surface area contributed by atoms with E-state index in [-0.39, 0.29) is 49.2 Å². The standard InChI is InChI=1S/C25H32N4O2.3ClH/c1-29(2)20-12-13-26-23(15-20)17-8-10-19(11-9-17)28-24(25(30)31-3)14-18-16-27-22-7-5-4-6-21(18)22;;;/h4-7,12-13,15-17,19,24,27-28H,8-11,14H2,1-3H3;3*1H. The largest absolute Gasteiger partial charge is 0.468 e. The van der Waals surface area contributed by atoms with E-state index in [2.05, 4.69) is 52.5 Å². The number of hydrogen-bond donors (Lipinski definition) is 2. The van der Waals surface area contributed by atoms with Crippen molar-refractivity contribution in [3.8, 4) is 0 Å². The number of rotatable bonds is 7. The molecule has 1 aliphatic rings. The van der Waals surface area contributed by atoms with Gasteiger partial charge in [0.05, 0.1) is 7.11 Å². The molecule has 188 valence electrons. The normalized spacial score (nSPS) is 18.1. The SMILES string of the molecule is COC(=O)C(Cc1c[nH]c2ccccc12)NC1CCC(c2cc(N(C)C)ccn2)CC1.Cl.Cl.Cl. The highest BCUT2D eigenvalue weighted by molar-refractivity contribution is 5.86. The van der Waals surface area contributed by atoms with Crippen LogP contribution in [0.25, 0.3) is 10.9 Å². The molecule has 1 aromatic carbocycles. The number of benzene rings is 1. The Balaban J connectivity index is 0.00000193. The van der Waals surface area contributed by atoms with Crippen molar-refractivity contribution in [2.24, 2.45) is 0 Å². The third-order valence-corrected chi connectivity index (χ3v) is 6.45. The molecule has 0 saturated heterocycles. The van der Waals surface area contributed by atoms with Crippen LogP contribution in [0.5, 0.6) is 0 Å². The lowest BCUT2D eigenvalue weighted by molar-refractivity contribution is -0.143. The van der Waals surface area contributed by atoms with E-state index in [0.29, 0.717) is 18.4 Å². The summed E-state index contributed by atoms with van der Waals surface area (Å²) in [5.74, 6) is 0.274. The number of carbonyl (C=O) groups is 1. The molecule has 1 fully saturated rings. The number of carbonyl (C=O) groups excluding carboxylic acids is 1. The first-order chi connectivity index (χ1) is 15.0. The lowest BCUT2D eigenvalue weighted by Crippen LogP contribution is -2.46. The Morgan fingerprint density at radius 1 is 1.15 bits per heavy atom. The molecular weight excluding hydrogens is 495 g/mol. The van der Waals surface area contributed by atoms with E-state index >= 15 is 0 Å². The van der Waals surface area contributed by atoms with E-state index in [4.69, 9.17) is 4.74 Å². The Morgan fingerprint density at radius 2 is 1.85 bits per heavy atom. The maximum atomic E-state index is 12.5. The van der Waals surface area contributed by atoms with Gasteiger partial charge in [-0.3, -0.25) is 9.78 Å². The van der Waals surface area contributed by atoms with Gasteiger partial charge in [0.15, 0.2) is 0 Å². The minimum Gasteiger partial charge on any atom is -0.468 e. The molecule has 3 aromatic rings. The number of nitrogens with one attached hydrogen (secondary N) is 2. The molecule has 1 unspecified atom stereocenters. The smallest absolute Gasteiger partial charge is 0.323 e. The third kappa shape index (κ3) is 7.01. The van der Waals surface area contributed by atoms with Gasteiger partial charge in [0.2, 0.25) is 0 Å². The van der Waals surface area contributed by atoms with E-state index in [1.165, 1.54) is 18.5 Å². The molecule has 0 spiro atoms. The molecule has 1 aliphatic carbocycles. The number of methoxy groups -OCH3 is 1. The second-order valence-corrected chi connectivity index (χ2v) is 8.69. The average molecular weight is 530 g/mol. The van der Waals surface area contributed by atoms with Gasteiger partial charge in [0.25, 0.3) is 0 Å². The number of aromatic nitrogens is 2. The summed E-state index contributed by atoms with van der Waals surface area (Å²) in [5, 5.41) is 4.76. The summed E-state index contributed by atoms with van der Waals surface area (Å²) >= 11 is 0. The van der Waals surface area contributed by atoms with Crippen molar-refractivity contribution in [1.82, 2.24) is 15.3 Å². The maximum absolute atomic E-state index is 12.5. The highest BCUT2D eigenvalue weighted by Crippen LogP contribution is 2.33. The highest BCUT2D eigenvalue weighted by atomic mass is 35.5. The fourth-order valence-corrected chi connectivity index (χ4v) is 4.65. The van der Waals surface area contributed by atoms with Crippen molar-refractivity contribution in [3.63, 3.8) is 0 Å². The average Bonchev–Trinajstić information content (AvgIpc) is 3.21. The molecule has 1 atom stereocenters. The summed E-state index contributed by atoms with van der Waals surface area (Å²) in [5.41, 5.74) is 4.59. The van der Waals surface area contributed by atoms with E-state index in [1.807, 2.05) is 30.6 Å². The second kappa shape index (κ2) is 13.8. The minimum atomic E-state index is -0.346. The van der Waals surface area contributed by atoms with Crippen LogP contribution in [-0.2, 0) is 16.0 Å². The lowest BCUT2D eigenvalue weighted by Gasteiger charge is -2.31. The highest BCUT2D eigenvalue weighted by Gasteiger charge is 2.28. The number of para-hydroxylation sites is 1. The van der Waals surface area contributed by atoms with E-state index in [1.54, 1.807) is 0 Å². The van der Waals surface area contributed by atoms with Crippen LogP contribution in [0, 0.1) is 0 Å². The number of halogens is 3. The van der Waals surface area contributed by atoms with Crippen molar-refractivity contribution in [1.29, 1.82) is 0 Å². The summed E-state index contributed by atoms with van der Waals surface area (Å²) in [6, 6.07) is 12.4. The lowest BCUT2D eigenvalue weighted by atomic mass is 9.83. The zero-order chi connectivity index (χ0) is 21.8. The Morgan fingerprint density at radius 3 is 2.53 bits per heavy atom. The molecule has 2 aromatic heterocycles. The van der Waals surface area contributed by atoms with Gasteiger partial charge >= 0.3 is 5.97 Å². The first kappa shape index (κ1) is 30.0. The Bertz CT molecular complexity index is 1040. The Labute approximate surface area is 220 Å². The van der Waals surface area contributed by atoms with Crippen LogP contribution in [0.4, 0.5) is 5.69 Å². The summed E-state index contributed by atoms with van der Waals surface area (Å²) < 4.78 is 5.11. The zero-order valence-corrected chi connectivity index (χ0v) is 22.3. The number of esters is 1. The predicted octanol–water partition coefficient (Wildman–Crippen LogP) is 5.29. The summed E-state index contributed by atoms with van der Waals surface area (Å²) in [7, 11) is 5.58. The molecule has 2 N–H and O–H groups in total. The number of ether oxygens (including phenoxy) is 1. The molecule has 2 heterocycles. The van der Waals surface area contributed by atoms with Crippen LogP contribution >= 0.6 is 37.2 Å². The fourth-order valence-electron chi connectivity index (χ4n) is 4.65. The number of nitrogens with zero attached hydrogens (tertiary/aromatic N) is 2. The van der Waals surface area contributed by atoms with Crippen LogP contribution < -0.4 is 10.2 Å². The number of hydrogen-bond acceptors (Lipinski definition) is 5. The first-order valence-corrected chi connectivity index (χ1v) is 11.1. The quantitative estimate of drug-likeness (QED) is 0.407. The van der Waals surface area contributed by atoms with Crippen molar-refractivity contribution in [3.05, 3.63) is 60.0 Å². The van der Waals surface area contributed by atoms with E-state index in [0.717, 1.165) is 42.1 Å². The van der Waals surface area contributed by atoms with Gasteiger partial charge in [-0.05, 0) is 49.4 Å². The van der Waals surface area contributed by atoms with E-state index in [9.17, 15) is 4.79 Å². The molecule has 0 bridgehead atoms. The molecule has 1 saturated carbocycles. The second-order valence-electron chi connectivity index (χ2n) is 8.69. The zero-order valence-electron chi connectivity index (χ0n) is 19.8. The summed E-state index contributed by atoms with van der Waals surface area (Å²) in [4.78, 5) is 22.6. The van der Waals surface area contributed by atoms with Crippen LogP contribution in [-0.4, -0.2) is 49.2 Å². The van der Waals surface area contributed by atoms with Crippen molar-refractivity contribution >= 4 is 59.8 Å². The molecule has 9 heteroatoms. The predicted molar refractivity (Wildman–Crippen MR) is 146 cm³/mol. The summed E-state index contributed by atoms with van der Waals surface area (Å²) in [6.45, 7) is 0. The van der Waals surface area contributed by atoms with Gasteiger partial charge in [-0.2, -0.15) is 0 Å². The Hall–Kier alpha value is -1.99. The molecule has 6 nitrogen and oxygen atoms in total. The molecule has 34 heavy (non-hydrogen) atoms. The van der Waals surface area contributed by atoms with E-state index < -0.39 is 0 Å². The monoisotopic (exact) mass is 528 g/mol. The van der Waals surface area contributed by atoms with Crippen molar-refractivity contribution in [2.75, 3.05) is 26.1 Å². The first-order valence-electron chi connectivity index (χ1n) is 11.1. The van der Waals surface area contributed by atoms with Crippen LogP contribution in [0.1, 0.15) is 42.9 Å². The van der Waals surface area contributed by atoms with Crippen molar-refractivity contribution < 1.29 is 9.53 Å². The van der Waals surface area contributed by atoms with Gasteiger partial charge in [0, 0.05) is 67.2 Å². The molecule has 0 aliphatic heterocycles. The molecule has 4 rings (SSSR count). The minimum absolute atomic E-state index is 0. The van der Waals surface area contributed by atoms with Gasteiger partial charge in [-0.25, -0.2) is 0 Å².